The van der Waals surface area contributed by atoms with Crippen LogP contribution < -0.4 is 14.8 Å². The first-order valence-corrected chi connectivity index (χ1v) is 10.1. The van der Waals surface area contributed by atoms with Gasteiger partial charge in [0.25, 0.3) is 5.22 Å². The summed E-state index contributed by atoms with van der Waals surface area (Å²) in [6, 6.07) is 15.2. The Morgan fingerprint density at radius 1 is 1.10 bits per heavy atom. The number of aromatic nitrogens is 2. The predicted molar refractivity (Wildman–Crippen MR) is 109 cm³/mol. The van der Waals surface area contributed by atoms with E-state index in [1.807, 2.05) is 30.3 Å². The Morgan fingerprint density at radius 3 is 2.41 bits per heavy atom. The lowest BCUT2D eigenvalue weighted by Crippen LogP contribution is -2.29. The number of thioether (sulfide) groups is 1. The van der Waals surface area contributed by atoms with Gasteiger partial charge in [0.15, 0.2) is 0 Å². The monoisotopic (exact) mass is 411 g/mol. The van der Waals surface area contributed by atoms with Crippen LogP contribution in [0.1, 0.15) is 23.7 Å². The quantitative estimate of drug-likeness (QED) is 0.563. The number of rotatable bonds is 8. The molecule has 1 saturated carbocycles. The number of amides is 1. The van der Waals surface area contributed by atoms with E-state index < -0.39 is 5.25 Å². The first kappa shape index (κ1) is 19.3. The largest absolute Gasteiger partial charge is 0.497 e. The summed E-state index contributed by atoms with van der Waals surface area (Å²) in [5.74, 6) is 1.53. The molecule has 1 aliphatic rings. The summed E-state index contributed by atoms with van der Waals surface area (Å²) in [7, 11) is 3.16. The van der Waals surface area contributed by atoms with Crippen LogP contribution >= 0.6 is 11.8 Å². The topological polar surface area (TPSA) is 86.5 Å². The minimum absolute atomic E-state index is 0.0495. The zero-order valence-electron chi connectivity index (χ0n) is 16.1. The number of nitrogens with one attached hydrogen (secondary N) is 1. The fourth-order valence-corrected chi connectivity index (χ4v) is 3.70. The van der Waals surface area contributed by atoms with Gasteiger partial charge in [0, 0.05) is 17.7 Å². The van der Waals surface area contributed by atoms with Crippen molar-refractivity contribution in [2.24, 2.45) is 0 Å². The normalized spacial score (nSPS) is 14.3. The third-order valence-electron chi connectivity index (χ3n) is 4.49. The van der Waals surface area contributed by atoms with Crippen LogP contribution in [-0.4, -0.2) is 36.4 Å². The van der Waals surface area contributed by atoms with Crippen LogP contribution in [0.25, 0.3) is 11.5 Å². The molecule has 4 rings (SSSR count). The molecule has 150 valence electrons. The van der Waals surface area contributed by atoms with Gasteiger partial charge in [-0.05, 0) is 42.3 Å². The molecule has 2 aromatic carbocycles. The number of hydrogen-bond acceptors (Lipinski definition) is 7. The molecule has 1 amide bonds. The number of carbonyl (C=O) groups excluding carboxylic acids is 1. The fourth-order valence-electron chi connectivity index (χ4n) is 2.81. The van der Waals surface area contributed by atoms with E-state index in [4.69, 9.17) is 13.9 Å². The second-order valence-corrected chi connectivity index (χ2v) is 7.72. The predicted octanol–water partition coefficient (Wildman–Crippen LogP) is 3.87. The molecule has 1 aromatic heterocycles. The third kappa shape index (κ3) is 4.71. The first-order chi connectivity index (χ1) is 14.2. The van der Waals surface area contributed by atoms with Crippen molar-refractivity contribution in [3.8, 4) is 23.0 Å². The molecule has 1 aliphatic carbocycles. The Kier molecular flexibility index (Phi) is 5.71. The van der Waals surface area contributed by atoms with Crippen LogP contribution in [0.4, 0.5) is 0 Å². The molecule has 1 N–H and O–H groups in total. The van der Waals surface area contributed by atoms with Crippen LogP contribution in [0.5, 0.6) is 11.5 Å². The Morgan fingerprint density at radius 2 is 1.79 bits per heavy atom. The van der Waals surface area contributed by atoms with Gasteiger partial charge in [-0.15, -0.1) is 10.2 Å². The molecule has 7 nitrogen and oxygen atoms in total. The van der Waals surface area contributed by atoms with Crippen LogP contribution in [-0.2, 0) is 4.79 Å². The average Bonchev–Trinajstić information content (AvgIpc) is 3.45. The number of carbonyl (C=O) groups is 1. The van der Waals surface area contributed by atoms with Crippen molar-refractivity contribution in [2.75, 3.05) is 14.2 Å². The van der Waals surface area contributed by atoms with Crippen molar-refractivity contribution in [3.05, 3.63) is 54.1 Å². The average molecular weight is 411 g/mol. The molecular weight excluding hydrogens is 390 g/mol. The Bertz CT molecular complexity index is 966. The lowest BCUT2D eigenvalue weighted by molar-refractivity contribution is -0.120. The van der Waals surface area contributed by atoms with E-state index in [1.165, 1.54) is 11.8 Å². The molecule has 8 heteroatoms. The molecule has 1 atom stereocenters. The number of nitrogens with zero attached hydrogens (tertiary/aromatic N) is 2. The molecule has 3 aromatic rings. The lowest BCUT2D eigenvalue weighted by atomic mass is 10.1. The van der Waals surface area contributed by atoms with E-state index in [0.717, 1.165) is 18.4 Å². The van der Waals surface area contributed by atoms with E-state index in [1.54, 1.807) is 32.4 Å². The van der Waals surface area contributed by atoms with E-state index in [9.17, 15) is 4.79 Å². The van der Waals surface area contributed by atoms with E-state index in [-0.39, 0.29) is 11.9 Å². The SMILES string of the molecule is COc1cc(OC)cc(-c2nnc(S[C@H](C(=O)NC3CC3)c3ccccc3)o2)c1. The minimum Gasteiger partial charge on any atom is -0.497 e. The van der Waals surface area contributed by atoms with Gasteiger partial charge in [0.2, 0.25) is 11.8 Å². The molecule has 0 unspecified atom stereocenters. The zero-order chi connectivity index (χ0) is 20.2. The molecule has 29 heavy (non-hydrogen) atoms. The maximum atomic E-state index is 12.8. The van der Waals surface area contributed by atoms with Crippen molar-refractivity contribution in [3.63, 3.8) is 0 Å². The summed E-state index contributed by atoms with van der Waals surface area (Å²) >= 11 is 1.24. The van der Waals surface area contributed by atoms with Crippen LogP contribution in [0.2, 0.25) is 0 Å². The highest BCUT2D eigenvalue weighted by Gasteiger charge is 2.30. The van der Waals surface area contributed by atoms with Crippen molar-refractivity contribution in [1.82, 2.24) is 15.5 Å². The van der Waals surface area contributed by atoms with Crippen molar-refractivity contribution in [2.45, 2.75) is 29.4 Å². The zero-order valence-corrected chi connectivity index (χ0v) is 16.9. The molecular formula is C21H21N3O4S. The van der Waals surface area contributed by atoms with Crippen molar-refractivity contribution in [1.29, 1.82) is 0 Å². The summed E-state index contributed by atoms with van der Waals surface area (Å²) in [5, 5.41) is 11.2. The maximum Gasteiger partial charge on any atom is 0.277 e. The highest BCUT2D eigenvalue weighted by atomic mass is 32.2. The van der Waals surface area contributed by atoms with Gasteiger partial charge in [-0.25, -0.2) is 0 Å². The van der Waals surface area contributed by atoms with Crippen molar-refractivity contribution >= 4 is 17.7 Å². The van der Waals surface area contributed by atoms with Crippen LogP contribution in [0, 0.1) is 0 Å². The van der Waals surface area contributed by atoms with Gasteiger partial charge in [-0.2, -0.15) is 0 Å². The summed E-state index contributed by atoms with van der Waals surface area (Å²) in [5.41, 5.74) is 1.57. The Labute approximate surface area is 172 Å². The van der Waals surface area contributed by atoms with Gasteiger partial charge in [-0.3, -0.25) is 4.79 Å². The number of methoxy groups -OCH3 is 2. The highest BCUT2D eigenvalue weighted by Crippen LogP contribution is 2.37. The lowest BCUT2D eigenvalue weighted by Gasteiger charge is -2.14. The van der Waals surface area contributed by atoms with Gasteiger partial charge in [-0.1, -0.05) is 30.3 Å². The van der Waals surface area contributed by atoms with Crippen molar-refractivity contribution < 1.29 is 18.7 Å². The first-order valence-electron chi connectivity index (χ1n) is 9.25. The van der Waals surface area contributed by atoms with Gasteiger partial charge in [0.05, 0.1) is 14.2 Å². The summed E-state index contributed by atoms with van der Waals surface area (Å²) < 4.78 is 16.4. The number of hydrogen-bond donors (Lipinski definition) is 1. The molecule has 0 saturated heterocycles. The Balaban J connectivity index is 1.58. The van der Waals surface area contributed by atoms with Gasteiger partial charge in [0.1, 0.15) is 16.7 Å². The minimum atomic E-state index is -0.468. The van der Waals surface area contributed by atoms with Gasteiger partial charge >= 0.3 is 0 Å². The summed E-state index contributed by atoms with van der Waals surface area (Å²) in [4.78, 5) is 12.8. The molecule has 0 spiro atoms. The highest BCUT2D eigenvalue weighted by molar-refractivity contribution is 8.00. The maximum absolute atomic E-state index is 12.8. The second-order valence-electron chi connectivity index (χ2n) is 6.67. The molecule has 0 radical (unpaired) electrons. The third-order valence-corrected chi connectivity index (χ3v) is 5.58. The smallest absolute Gasteiger partial charge is 0.277 e. The number of ether oxygens (including phenoxy) is 2. The molecule has 0 aliphatic heterocycles. The Hall–Kier alpha value is -3.00. The fraction of sp³-hybridized carbons (Fsp3) is 0.286. The molecule has 0 bridgehead atoms. The van der Waals surface area contributed by atoms with Crippen LogP contribution in [0.3, 0.4) is 0 Å². The standard InChI is InChI=1S/C21H21N3O4S/c1-26-16-10-14(11-17(12-16)27-2)20-23-24-21(28-20)29-18(13-6-4-3-5-7-13)19(25)22-15-8-9-15/h3-7,10-12,15,18H,8-9H2,1-2H3,(H,22,25)/t18-/m0/s1. The van der Waals surface area contributed by atoms with E-state index in [0.29, 0.717) is 28.2 Å². The molecule has 1 heterocycles. The number of benzene rings is 2. The van der Waals surface area contributed by atoms with Crippen LogP contribution in [0.15, 0.2) is 58.2 Å². The molecule has 1 fully saturated rings. The summed E-state index contributed by atoms with van der Waals surface area (Å²) in [6.07, 6.45) is 2.06. The van der Waals surface area contributed by atoms with E-state index >= 15 is 0 Å². The summed E-state index contributed by atoms with van der Waals surface area (Å²) in [6.45, 7) is 0. The van der Waals surface area contributed by atoms with E-state index in [2.05, 4.69) is 15.5 Å². The van der Waals surface area contributed by atoms with Gasteiger partial charge < -0.3 is 19.2 Å². The second kappa shape index (κ2) is 8.57.